The van der Waals surface area contributed by atoms with Gasteiger partial charge in [0.05, 0.1) is 19.2 Å². The van der Waals surface area contributed by atoms with Gasteiger partial charge in [0.1, 0.15) is 12.0 Å². The number of alkyl halides is 1. The first-order valence-corrected chi connectivity index (χ1v) is 8.01. The third-order valence-corrected chi connectivity index (χ3v) is 4.65. The third-order valence-electron chi connectivity index (χ3n) is 4.65. The van der Waals surface area contributed by atoms with Crippen molar-refractivity contribution in [1.82, 2.24) is 4.90 Å². The Balaban J connectivity index is 2.15. The fourth-order valence-corrected chi connectivity index (χ4v) is 3.08. The molecule has 1 fully saturated rings. The largest absolute Gasteiger partial charge is 0.465 e. The molecule has 1 aliphatic heterocycles. The van der Waals surface area contributed by atoms with Gasteiger partial charge in [0.15, 0.2) is 0 Å². The molecule has 3 atom stereocenters. The molecule has 0 spiro atoms. The lowest BCUT2D eigenvalue weighted by molar-refractivity contribution is 0.0600. The van der Waals surface area contributed by atoms with E-state index in [4.69, 9.17) is 5.11 Å². The van der Waals surface area contributed by atoms with Gasteiger partial charge < -0.3 is 20.1 Å². The summed E-state index contributed by atoms with van der Waals surface area (Å²) in [7, 11) is 1.21. The quantitative estimate of drug-likeness (QED) is 0.811. The molecule has 2 rings (SSSR count). The number of piperidine rings is 1. The van der Waals surface area contributed by atoms with Crippen LogP contribution in [0.2, 0.25) is 0 Å². The predicted octanol–water partition coefficient (Wildman–Crippen LogP) is 3.06. The molecule has 6 nitrogen and oxygen atoms in total. The molecule has 1 aromatic carbocycles. The van der Waals surface area contributed by atoms with Crippen LogP contribution < -0.4 is 5.32 Å². The lowest BCUT2D eigenvalue weighted by Crippen LogP contribution is -2.48. The highest BCUT2D eigenvalue weighted by Crippen LogP contribution is 2.28. The molecular formula is C17H22F2N2O4. The first-order valence-electron chi connectivity index (χ1n) is 8.01. The summed E-state index contributed by atoms with van der Waals surface area (Å²) in [5.41, 5.74) is 0.774. The minimum Gasteiger partial charge on any atom is -0.465 e. The standard InChI is InChI=1S/C17H22F2N2O4/c1-9-13(18)6-11(16(22)25-3)7-15(9)20-10(2)12-4-5-21(17(23)24)8-14(12)19/h6-7,10,12,14,20H,4-5,8H2,1-3H3,(H,23,24)/t10-,12+,14+/m0/s1. The van der Waals surface area contributed by atoms with E-state index in [2.05, 4.69) is 10.1 Å². The van der Waals surface area contributed by atoms with E-state index in [1.54, 1.807) is 13.8 Å². The maximum absolute atomic E-state index is 14.4. The summed E-state index contributed by atoms with van der Waals surface area (Å²) in [4.78, 5) is 23.6. The van der Waals surface area contributed by atoms with Gasteiger partial charge in [0.2, 0.25) is 0 Å². The number of nitrogens with one attached hydrogen (secondary N) is 1. The van der Waals surface area contributed by atoms with Crippen LogP contribution in [0.1, 0.15) is 29.3 Å². The number of nitrogens with zero attached hydrogens (tertiary/aromatic N) is 1. The summed E-state index contributed by atoms with van der Waals surface area (Å²) in [6.45, 7) is 3.39. The van der Waals surface area contributed by atoms with Gasteiger partial charge in [-0.15, -0.1) is 0 Å². The Morgan fingerprint density at radius 2 is 2.12 bits per heavy atom. The number of benzene rings is 1. The van der Waals surface area contributed by atoms with E-state index in [1.165, 1.54) is 13.2 Å². The summed E-state index contributed by atoms with van der Waals surface area (Å²) in [5, 5.41) is 12.0. The Bertz CT molecular complexity index is 668. The van der Waals surface area contributed by atoms with Gasteiger partial charge in [-0.2, -0.15) is 0 Å². The summed E-state index contributed by atoms with van der Waals surface area (Å²) in [6.07, 6.45) is -2.09. The number of methoxy groups -OCH3 is 1. The lowest BCUT2D eigenvalue weighted by atomic mass is 9.88. The van der Waals surface area contributed by atoms with Gasteiger partial charge in [-0.1, -0.05) is 0 Å². The molecule has 0 aromatic heterocycles. The number of hydrogen-bond donors (Lipinski definition) is 2. The average Bonchev–Trinajstić information content (AvgIpc) is 2.57. The van der Waals surface area contributed by atoms with E-state index in [1.807, 2.05) is 0 Å². The van der Waals surface area contributed by atoms with Crippen LogP contribution >= 0.6 is 0 Å². The highest BCUT2D eigenvalue weighted by atomic mass is 19.1. The maximum Gasteiger partial charge on any atom is 0.407 e. The summed E-state index contributed by atoms with van der Waals surface area (Å²) in [5.74, 6) is -1.64. The number of ether oxygens (including phenoxy) is 1. The van der Waals surface area contributed by atoms with Crippen LogP contribution in [0.5, 0.6) is 0 Å². The number of hydrogen-bond acceptors (Lipinski definition) is 4. The molecular weight excluding hydrogens is 334 g/mol. The summed E-state index contributed by atoms with van der Waals surface area (Å²) in [6, 6.07) is 2.21. The van der Waals surface area contributed by atoms with Crippen molar-refractivity contribution in [3.63, 3.8) is 0 Å². The minimum absolute atomic E-state index is 0.0674. The van der Waals surface area contributed by atoms with Crippen molar-refractivity contribution in [2.24, 2.45) is 5.92 Å². The number of halogens is 2. The molecule has 1 aromatic rings. The van der Waals surface area contributed by atoms with Gasteiger partial charge >= 0.3 is 12.1 Å². The molecule has 0 saturated carbocycles. The molecule has 1 amide bonds. The normalized spacial score (nSPS) is 21.6. The van der Waals surface area contributed by atoms with Crippen molar-refractivity contribution < 1.29 is 28.2 Å². The SMILES string of the molecule is COC(=O)c1cc(F)c(C)c(N[C@@H](C)[C@H]2CCN(C(=O)O)C[C@H]2F)c1. The third kappa shape index (κ3) is 4.18. The highest BCUT2D eigenvalue weighted by Gasteiger charge is 2.35. The minimum atomic E-state index is -1.32. The molecule has 1 aliphatic rings. The Kier molecular flexibility index (Phi) is 5.81. The van der Waals surface area contributed by atoms with Gasteiger partial charge in [-0.05, 0) is 32.4 Å². The number of rotatable bonds is 4. The molecule has 0 aliphatic carbocycles. The van der Waals surface area contributed by atoms with E-state index in [-0.39, 0.29) is 24.7 Å². The van der Waals surface area contributed by atoms with Gasteiger partial charge in [-0.3, -0.25) is 0 Å². The smallest absolute Gasteiger partial charge is 0.407 e. The van der Waals surface area contributed by atoms with Crippen molar-refractivity contribution >= 4 is 17.7 Å². The summed E-state index contributed by atoms with van der Waals surface area (Å²) < 4.78 is 33.0. The first-order chi connectivity index (χ1) is 11.7. The van der Waals surface area contributed by atoms with Crippen LogP contribution in [0, 0.1) is 18.7 Å². The predicted molar refractivity (Wildman–Crippen MR) is 88.2 cm³/mol. The number of carbonyl (C=O) groups is 2. The molecule has 0 unspecified atom stereocenters. The maximum atomic E-state index is 14.4. The van der Waals surface area contributed by atoms with E-state index in [9.17, 15) is 18.4 Å². The van der Waals surface area contributed by atoms with Crippen LogP contribution in [-0.4, -0.2) is 54.5 Å². The number of carboxylic acid groups (broad SMARTS) is 1. The molecule has 0 bridgehead atoms. The van der Waals surface area contributed by atoms with Crippen molar-refractivity contribution in [2.75, 3.05) is 25.5 Å². The van der Waals surface area contributed by atoms with Gasteiger partial charge in [0, 0.05) is 29.8 Å². The van der Waals surface area contributed by atoms with Gasteiger partial charge in [-0.25, -0.2) is 18.4 Å². The first kappa shape index (κ1) is 19.0. The molecule has 0 radical (unpaired) electrons. The molecule has 138 valence electrons. The van der Waals surface area contributed by atoms with Crippen LogP contribution in [0.25, 0.3) is 0 Å². The second-order valence-corrected chi connectivity index (χ2v) is 6.25. The van der Waals surface area contributed by atoms with E-state index >= 15 is 0 Å². The lowest BCUT2D eigenvalue weighted by Gasteiger charge is -2.36. The van der Waals surface area contributed by atoms with Crippen LogP contribution in [0.4, 0.5) is 19.3 Å². The van der Waals surface area contributed by atoms with Crippen molar-refractivity contribution in [1.29, 1.82) is 0 Å². The van der Waals surface area contributed by atoms with Crippen LogP contribution in [0.15, 0.2) is 12.1 Å². The molecule has 1 saturated heterocycles. The fraction of sp³-hybridized carbons (Fsp3) is 0.529. The van der Waals surface area contributed by atoms with E-state index in [0.29, 0.717) is 17.7 Å². The fourth-order valence-electron chi connectivity index (χ4n) is 3.08. The Morgan fingerprint density at radius 3 is 2.68 bits per heavy atom. The number of likely N-dealkylation sites (tertiary alicyclic amines) is 1. The number of carbonyl (C=O) groups excluding carboxylic acids is 1. The topological polar surface area (TPSA) is 78.9 Å². The Hall–Kier alpha value is -2.38. The van der Waals surface area contributed by atoms with Crippen molar-refractivity contribution in [2.45, 2.75) is 32.5 Å². The van der Waals surface area contributed by atoms with Crippen molar-refractivity contribution in [3.8, 4) is 0 Å². The molecule has 1 heterocycles. The van der Waals surface area contributed by atoms with Crippen molar-refractivity contribution in [3.05, 3.63) is 29.1 Å². The van der Waals surface area contributed by atoms with Crippen LogP contribution in [-0.2, 0) is 4.74 Å². The number of anilines is 1. The second-order valence-electron chi connectivity index (χ2n) is 6.25. The second kappa shape index (κ2) is 7.67. The zero-order chi connectivity index (χ0) is 18.7. The highest BCUT2D eigenvalue weighted by molar-refractivity contribution is 5.90. The van der Waals surface area contributed by atoms with E-state index < -0.39 is 30.0 Å². The van der Waals surface area contributed by atoms with E-state index in [0.717, 1.165) is 11.0 Å². The average molecular weight is 356 g/mol. The molecule has 25 heavy (non-hydrogen) atoms. The Morgan fingerprint density at radius 1 is 1.44 bits per heavy atom. The molecule has 8 heteroatoms. The zero-order valence-electron chi connectivity index (χ0n) is 14.4. The number of amides is 1. The van der Waals surface area contributed by atoms with Crippen LogP contribution in [0.3, 0.4) is 0 Å². The number of esters is 1. The molecule has 2 N–H and O–H groups in total. The zero-order valence-corrected chi connectivity index (χ0v) is 14.4. The van der Waals surface area contributed by atoms with Gasteiger partial charge in [0.25, 0.3) is 0 Å². The summed E-state index contributed by atoms with van der Waals surface area (Å²) >= 11 is 0. The monoisotopic (exact) mass is 356 g/mol. The Labute approximate surface area is 144 Å².